The maximum Gasteiger partial charge on any atom is 0.338 e. The third kappa shape index (κ3) is 6.83. The molecule has 2 aromatic rings. The van der Waals surface area contributed by atoms with E-state index in [4.69, 9.17) is 22.1 Å². The van der Waals surface area contributed by atoms with Gasteiger partial charge < -0.3 is 15.8 Å². The molecule has 0 aliphatic carbocycles. The highest BCUT2D eigenvalue weighted by atomic mass is 79.9. The molecule has 0 saturated carbocycles. The van der Waals surface area contributed by atoms with Crippen LogP contribution in [0, 0.1) is 6.92 Å². The first kappa shape index (κ1) is 21.7. The summed E-state index contributed by atoms with van der Waals surface area (Å²) in [7, 11) is 0. The van der Waals surface area contributed by atoms with E-state index in [1.165, 1.54) is 11.1 Å². The van der Waals surface area contributed by atoms with Crippen LogP contribution in [0.1, 0.15) is 46.3 Å². The first-order valence-electron chi connectivity index (χ1n) is 9.09. The molecule has 2 rings (SSSR count). The quantitative estimate of drug-likeness (QED) is 0.225. The Bertz CT molecular complexity index is 768. The van der Waals surface area contributed by atoms with Crippen LogP contribution < -0.4 is 11.1 Å². The third-order valence-corrected chi connectivity index (χ3v) is 5.28. The second kappa shape index (κ2) is 11.3. The lowest BCUT2D eigenvalue weighted by Crippen LogP contribution is -2.16. The van der Waals surface area contributed by atoms with Gasteiger partial charge in [0.15, 0.2) is 0 Å². The van der Waals surface area contributed by atoms with Crippen LogP contribution in [0.5, 0.6) is 0 Å². The number of anilines is 1. The molecular weight excluding hydrogens is 428 g/mol. The summed E-state index contributed by atoms with van der Waals surface area (Å²) < 4.78 is 6.05. The molecule has 6 heteroatoms. The molecule has 146 valence electrons. The van der Waals surface area contributed by atoms with Gasteiger partial charge in [-0.1, -0.05) is 24.3 Å². The summed E-state index contributed by atoms with van der Waals surface area (Å²) in [6.45, 7) is 3.79. The Morgan fingerprint density at radius 2 is 1.89 bits per heavy atom. The Morgan fingerprint density at radius 3 is 2.63 bits per heavy atom. The van der Waals surface area contributed by atoms with Crippen molar-refractivity contribution in [3.63, 3.8) is 0 Å². The SMILES string of the molecule is Cc1ccccc1CNCc1cc(C(=O)OCCCCCCl)cc(Br)c1N. The van der Waals surface area contributed by atoms with Gasteiger partial charge in [-0.25, -0.2) is 4.79 Å². The molecule has 0 heterocycles. The highest BCUT2D eigenvalue weighted by Gasteiger charge is 2.13. The summed E-state index contributed by atoms with van der Waals surface area (Å²) in [5.41, 5.74) is 10.6. The van der Waals surface area contributed by atoms with Gasteiger partial charge >= 0.3 is 5.97 Å². The van der Waals surface area contributed by atoms with Gasteiger partial charge in [-0.3, -0.25) is 0 Å². The number of rotatable bonds is 10. The number of alkyl halides is 1. The van der Waals surface area contributed by atoms with Crippen LogP contribution in [0.4, 0.5) is 5.69 Å². The van der Waals surface area contributed by atoms with Crippen molar-refractivity contribution in [1.82, 2.24) is 5.32 Å². The van der Waals surface area contributed by atoms with Crippen LogP contribution in [-0.2, 0) is 17.8 Å². The smallest absolute Gasteiger partial charge is 0.338 e. The van der Waals surface area contributed by atoms with E-state index in [0.29, 0.717) is 34.8 Å². The van der Waals surface area contributed by atoms with E-state index in [9.17, 15) is 4.79 Å². The van der Waals surface area contributed by atoms with E-state index in [0.717, 1.165) is 31.4 Å². The van der Waals surface area contributed by atoms with Gasteiger partial charge in [-0.05, 0) is 70.9 Å². The fourth-order valence-corrected chi connectivity index (χ4v) is 3.39. The average molecular weight is 454 g/mol. The fourth-order valence-electron chi connectivity index (χ4n) is 2.70. The van der Waals surface area contributed by atoms with Crippen molar-refractivity contribution in [3.8, 4) is 0 Å². The van der Waals surface area contributed by atoms with E-state index < -0.39 is 0 Å². The molecule has 0 unspecified atom stereocenters. The molecule has 0 bridgehead atoms. The maximum atomic E-state index is 12.3. The molecule has 27 heavy (non-hydrogen) atoms. The molecule has 0 saturated heterocycles. The second-order valence-corrected chi connectivity index (χ2v) is 7.68. The number of unbranched alkanes of at least 4 members (excludes halogenated alkanes) is 2. The van der Waals surface area contributed by atoms with Crippen LogP contribution in [-0.4, -0.2) is 18.5 Å². The first-order valence-corrected chi connectivity index (χ1v) is 10.4. The number of halogens is 2. The van der Waals surface area contributed by atoms with E-state index in [-0.39, 0.29) is 5.97 Å². The largest absolute Gasteiger partial charge is 0.462 e. The number of ether oxygens (including phenoxy) is 1. The zero-order valence-electron chi connectivity index (χ0n) is 15.6. The Hall–Kier alpha value is -1.56. The predicted octanol–water partition coefficient (Wildman–Crippen LogP) is 5.20. The molecule has 0 spiro atoms. The number of benzene rings is 2. The lowest BCUT2D eigenvalue weighted by atomic mass is 10.1. The summed E-state index contributed by atoms with van der Waals surface area (Å²) in [6, 6.07) is 11.7. The number of hydrogen-bond donors (Lipinski definition) is 2. The number of nitrogens with two attached hydrogens (primary N) is 1. The number of hydrogen-bond acceptors (Lipinski definition) is 4. The summed E-state index contributed by atoms with van der Waals surface area (Å²) in [6.07, 6.45) is 2.71. The summed E-state index contributed by atoms with van der Waals surface area (Å²) >= 11 is 9.09. The van der Waals surface area contributed by atoms with E-state index >= 15 is 0 Å². The minimum atomic E-state index is -0.332. The van der Waals surface area contributed by atoms with Gasteiger partial charge in [0.05, 0.1) is 17.9 Å². The maximum absolute atomic E-state index is 12.3. The van der Waals surface area contributed by atoms with Crippen LogP contribution in [0.2, 0.25) is 0 Å². The average Bonchev–Trinajstić information content (AvgIpc) is 2.66. The number of carbonyl (C=O) groups is 1. The van der Waals surface area contributed by atoms with Crippen molar-refractivity contribution in [3.05, 3.63) is 63.1 Å². The molecule has 2 aromatic carbocycles. The molecule has 0 radical (unpaired) electrons. The van der Waals surface area contributed by atoms with Gasteiger partial charge in [0.1, 0.15) is 0 Å². The van der Waals surface area contributed by atoms with Crippen molar-refractivity contribution in [1.29, 1.82) is 0 Å². The standard InChI is InChI=1S/C21H26BrClN2O2/c1-15-7-3-4-8-16(15)13-25-14-18-11-17(12-19(22)20(18)24)21(26)27-10-6-2-5-9-23/h3-4,7-8,11-12,25H,2,5-6,9-10,13-14,24H2,1H3. The van der Waals surface area contributed by atoms with Crippen molar-refractivity contribution >= 4 is 39.2 Å². The van der Waals surface area contributed by atoms with Gasteiger partial charge in [0.25, 0.3) is 0 Å². The summed E-state index contributed by atoms with van der Waals surface area (Å²) in [5, 5.41) is 3.39. The van der Waals surface area contributed by atoms with Crippen LogP contribution in [0.3, 0.4) is 0 Å². The van der Waals surface area contributed by atoms with Gasteiger partial charge in [0.2, 0.25) is 0 Å². The van der Waals surface area contributed by atoms with Crippen molar-refractivity contribution < 1.29 is 9.53 Å². The van der Waals surface area contributed by atoms with E-state index in [1.807, 2.05) is 12.1 Å². The van der Waals surface area contributed by atoms with Crippen LogP contribution in [0.15, 0.2) is 40.9 Å². The van der Waals surface area contributed by atoms with Crippen LogP contribution >= 0.6 is 27.5 Å². The van der Waals surface area contributed by atoms with Crippen molar-refractivity contribution in [2.45, 2.75) is 39.3 Å². The molecule has 0 aromatic heterocycles. The molecule has 0 fully saturated rings. The first-order chi connectivity index (χ1) is 13.0. The Balaban J connectivity index is 1.96. The van der Waals surface area contributed by atoms with E-state index in [2.05, 4.69) is 40.3 Å². The number of esters is 1. The lowest BCUT2D eigenvalue weighted by Gasteiger charge is -2.13. The fraction of sp³-hybridized carbons (Fsp3) is 0.381. The highest BCUT2D eigenvalue weighted by Crippen LogP contribution is 2.26. The molecule has 4 nitrogen and oxygen atoms in total. The number of nitrogens with one attached hydrogen (secondary N) is 1. The van der Waals surface area contributed by atoms with Crippen LogP contribution in [0.25, 0.3) is 0 Å². The Labute approximate surface area is 174 Å². The molecule has 0 atom stereocenters. The molecule has 0 aliphatic rings. The number of aryl methyl sites for hydroxylation is 1. The zero-order valence-corrected chi connectivity index (χ0v) is 17.9. The van der Waals surface area contributed by atoms with Gasteiger partial charge in [0, 0.05) is 23.4 Å². The zero-order chi connectivity index (χ0) is 19.6. The summed E-state index contributed by atoms with van der Waals surface area (Å²) in [4.78, 5) is 12.3. The van der Waals surface area contributed by atoms with Gasteiger partial charge in [-0.2, -0.15) is 0 Å². The lowest BCUT2D eigenvalue weighted by molar-refractivity contribution is 0.0498. The van der Waals surface area contributed by atoms with Crippen molar-refractivity contribution in [2.75, 3.05) is 18.2 Å². The third-order valence-electron chi connectivity index (χ3n) is 4.35. The molecular formula is C21H26BrClN2O2. The minimum Gasteiger partial charge on any atom is -0.462 e. The highest BCUT2D eigenvalue weighted by molar-refractivity contribution is 9.10. The number of nitrogen functional groups attached to an aromatic ring is 1. The topological polar surface area (TPSA) is 64.3 Å². The monoisotopic (exact) mass is 452 g/mol. The van der Waals surface area contributed by atoms with Crippen molar-refractivity contribution in [2.24, 2.45) is 0 Å². The Morgan fingerprint density at radius 1 is 1.15 bits per heavy atom. The van der Waals surface area contributed by atoms with E-state index in [1.54, 1.807) is 12.1 Å². The van der Waals surface area contributed by atoms with Gasteiger partial charge in [-0.15, -0.1) is 11.6 Å². The predicted molar refractivity (Wildman–Crippen MR) is 115 cm³/mol. The molecule has 0 amide bonds. The Kier molecular flexibility index (Phi) is 9.11. The summed E-state index contributed by atoms with van der Waals surface area (Å²) in [5.74, 6) is 0.305. The number of carbonyl (C=O) groups excluding carboxylic acids is 1. The second-order valence-electron chi connectivity index (χ2n) is 6.45. The molecule has 3 N–H and O–H groups in total. The normalized spacial score (nSPS) is 10.8. The minimum absolute atomic E-state index is 0.332. The molecule has 0 aliphatic heterocycles.